The van der Waals surface area contributed by atoms with E-state index in [1.165, 1.54) is 6.33 Å². The van der Waals surface area contributed by atoms with Crippen LogP contribution in [0.4, 0.5) is 0 Å². The highest BCUT2D eigenvalue weighted by Gasteiger charge is 2.40. The predicted molar refractivity (Wildman–Crippen MR) is 118 cm³/mol. The number of hydrogen-bond donors (Lipinski definition) is 0. The first kappa shape index (κ1) is 20.7. The Morgan fingerprint density at radius 2 is 2.03 bits per heavy atom. The Hall–Kier alpha value is -3.22. The van der Waals surface area contributed by atoms with Gasteiger partial charge in [0.1, 0.15) is 23.5 Å². The molecule has 0 atom stereocenters. The summed E-state index contributed by atoms with van der Waals surface area (Å²) in [6, 6.07) is 5.32. The van der Waals surface area contributed by atoms with E-state index < -0.39 is 5.60 Å². The molecule has 3 aromatic heterocycles. The van der Waals surface area contributed by atoms with E-state index in [9.17, 15) is 10.1 Å². The molecule has 1 aliphatic rings. The van der Waals surface area contributed by atoms with Crippen molar-refractivity contribution in [1.29, 1.82) is 5.26 Å². The zero-order chi connectivity index (χ0) is 22.6. The Bertz CT molecular complexity index is 1450. The number of benzene rings is 1. The minimum absolute atomic E-state index is 0.159. The molecule has 0 amide bonds. The summed E-state index contributed by atoms with van der Waals surface area (Å²) in [4.78, 5) is 22.6. The summed E-state index contributed by atoms with van der Waals surface area (Å²) in [6.07, 6.45) is 5.21. The number of imidazole rings is 1. The van der Waals surface area contributed by atoms with Crippen molar-refractivity contribution in [3.8, 4) is 17.7 Å². The third-order valence-corrected chi connectivity index (χ3v) is 6.58. The third kappa shape index (κ3) is 2.80. The van der Waals surface area contributed by atoms with Gasteiger partial charge in [-0.3, -0.25) is 9.20 Å². The molecular formula is C22H21ClN6O3. The molecule has 4 aromatic rings. The van der Waals surface area contributed by atoms with E-state index in [1.807, 2.05) is 13.8 Å². The first-order chi connectivity index (χ1) is 15.4. The van der Waals surface area contributed by atoms with Gasteiger partial charge in [0, 0.05) is 13.2 Å². The largest absolute Gasteiger partial charge is 0.370 e. The van der Waals surface area contributed by atoms with Crippen molar-refractivity contribution in [2.45, 2.75) is 51.2 Å². The molecule has 1 aliphatic carbocycles. The Balaban J connectivity index is 1.80. The summed E-state index contributed by atoms with van der Waals surface area (Å²) < 4.78 is 14.5. The molecular weight excluding hydrogens is 432 g/mol. The second kappa shape index (κ2) is 7.43. The number of hydrogen-bond acceptors (Lipinski definition) is 7. The molecule has 32 heavy (non-hydrogen) atoms. The van der Waals surface area contributed by atoms with Crippen molar-refractivity contribution in [3.63, 3.8) is 0 Å². The summed E-state index contributed by atoms with van der Waals surface area (Å²) in [6.45, 7) is 3.76. The normalized spacial score (nSPS) is 15.8. The number of nitriles is 1. The van der Waals surface area contributed by atoms with E-state index in [0.29, 0.717) is 28.1 Å². The Labute approximate surface area is 188 Å². The van der Waals surface area contributed by atoms with Crippen LogP contribution in [0.2, 0.25) is 5.02 Å². The Kier molecular flexibility index (Phi) is 4.80. The van der Waals surface area contributed by atoms with E-state index >= 15 is 0 Å². The van der Waals surface area contributed by atoms with Crippen molar-refractivity contribution < 1.29 is 9.26 Å². The average molecular weight is 453 g/mol. The highest BCUT2D eigenvalue weighted by Crippen LogP contribution is 2.41. The van der Waals surface area contributed by atoms with Gasteiger partial charge in [-0.1, -0.05) is 16.8 Å². The number of nitrogens with zero attached hydrogens (tertiary/aromatic N) is 6. The summed E-state index contributed by atoms with van der Waals surface area (Å²) in [5.41, 5.74) is 1.05. The van der Waals surface area contributed by atoms with Gasteiger partial charge >= 0.3 is 0 Å². The number of methoxy groups -OCH3 is 1. The van der Waals surface area contributed by atoms with Crippen molar-refractivity contribution in [2.24, 2.45) is 0 Å². The fourth-order valence-corrected chi connectivity index (χ4v) is 4.87. The molecule has 9 nitrogen and oxygen atoms in total. The number of ether oxygens (including phenoxy) is 1. The monoisotopic (exact) mass is 452 g/mol. The van der Waals surface area contributed by atoms with Crippen LogP contribution in [0.3, 0.4) is 0 Å². The highest BCUT2D eigenvalue weighted by molar-refractivity contribution is 6.32. The van der Waals surface area contributed by atoms with Gasteiger partial charge in [-0.2, -0.15) is 10.2 Å². The lowest BCUT2D eigenvalue weighted by molar-refractivity contribution is -0.0178. The predicted octanol–water partition coefficient (Wildman–Crippen LogP) is 4.22. The standard InChI is InChI=1S/C22H21ClN6O3/c1-12(2)29-17-13(10-24)14(23)6-7-15(17)28-11-25-16(18(28)20(29)30)19-26-21(27-32-19)22(31-3)8-4-5-9-22/h6-7,11-12H,4-5,8-9H2,1-3H3. The van der Waals surface area contributed by atoms with Crippen LogP contribution in [0.5, 0.6) is 0 Å². The van der Waals surface area contributed by atoms with Crippen LogP contribution in [0.1, 0.15) is 57.0 Å². The molecule has 0 N–H and O–H groups in total. The van der Waals surface area contributed by atoms with E-state index in [2.05, 4.69) is 21.2 Å². The van der Waals surface area contributed by atoms with Gasteiger partial charge in [-0.05, 0) is 51.7 Å². The maximum Gasteiger partial charge on any atom is 0.279 e. The maximum atomic E-state index is 13.6. The van der Waals surface area contributed by atoms with Gasteiger partial charge in [-0.25, -0.2) is 4.98 Å². The smallest absolute Gasteiger partial charge is 0.279 e. The molecule has 10 heteroatoms. The van der Waals surface area contributed by atoms with Gasteiger partial charge in [-0.15, -0.1) is 0 Å². The Morgan fingerprint density at radius 1 is 1.28 bits per heavy atom. The van der Waals surface area contributed by atoms with E-state index in [0.717, 1.165) is 25.7 Å². The zero-order valence-electron chi connectivity index (χ0n) is 17.9. The maximum absolute atomic E-state index is 13.6. The van der Waals surface area contributed by atoms with Gasteiger partial charge < -0.3 is 13.8 Å². The molecule has 1 aromatic carbocycles. The van der Waals surface area contributed by atoms with Crippen LogP contribution in [0.25, 0.3) is 28.1 Å². The fraction of sp³-hybridized carbons (Fsp3) is 0.409. The lowest BCUT2D eigenvalue weighted by Gasteiger charge is -2.22. The van der Waals surface area contributed by atoms with Crippen molar-refractivity contribution in [3.05, 3.63) is 45.2 Å². The highest BCUT2D eigenvalue weighted by atomic mass is 35.5. The topological polar surface area (TPSA) is 111 Å². The number of fused-ring (bicyclic) bond motifs is 3. The number of halogens is 1. The molecule has 0 saturated heterocycles. The second-order valence-corrected chi connectivity index (χ2v) is 8.72. The fourth-order valence-electron chi connectivity index (χ4n) is 4.67. The molecule has 5 rings (SSSR count). The van der Waals surface area contributed by atoms with Crippen LogP contribution in [0.15, 0.2) is 27.8 Å². The van der Waals surface area contributed by atoms with Crippen molar-refractivity contribution in [1.82, 2.24) is 24.1 Å². The molecule has 0 unspecified atom stereocenters. The number of aromatic nitrogens is 5. The summed E-state index contributed by atoms with van der Waals surface area (Å²) in [5.74, 6) is 0.629. The lowest BCUT2D eigenvalue weighted by Crippen LogP contribution is -2.26. The molecule has 0 radical (unpaired) electrons. The average Bonchev–Trinajstić information content (AvgIpc) is 3.52. The Morgan fingerprint density at radius 3 is 2.69 bits per heavy atom. The van der Waals surface area contributed by atoms with Crippen molar-refractivity contribution >= 4 is 28.2 Å². The quantitative estimate of drug-likeness (QED) is 0.455. The van der Waals surface area contributed by atoms with Gasteiger partial charge in [0.2, 0.25) is 5.82 Å². The minimum Gasteiger partial charge on any atom is -0.370 e. The molecule has 0 spiro atoms. The lowest BCUT2D eigenvalue weighted by atomic mass is 10.0. The van der Waals surface area contributed by atoms with E-state index in [4.69, 9.17) is 20.9 Å². The van der Waals surface area contributed by atoms with Crippen LogP contribution in [-0.2, 0) is 10.3 Å². The zero-order valence-corrected chi connectivity index (χ0v) is 18.7. The van der Waals surface area contributed by atoms with E-state index in [1.54, 1.807) is 28.2 Å². The molecule has 3 heterocycles. The SMILES string of the molecule is COC1(c2noc(-c3ncn4c3c(=O)n(C(C)C)c3c(C#N)c(Cl)ccc34)n2)CCCC1. The van der Waals surface area contributed by atoms with Crippen LogP contribution < -0.4 is 5.56 Å². The third-order valence-electron chi connectivity index (χ3n) is 6.26. The molecule has 0 aliphatic heterocycles. The van der Waals surface area contributed by atoms with Crippen LogP contribution in [-0.4, -0.2) is 31.2 Å². The molecule has 1 fully saturated rings. The molecule has 1 saturated carbocycles. The molecule has 164 valence electrons. The van der Waals surface area contributed by atoms with Gasteiger partial charge in [0.15, 0.2) is 5.69 Å². The second-order valence-electron chi connectivity index (χ2n) is 8.31. The minimum atomic E-state index is -0.569. The summed E-state index contributed by atoms with van der Waals surface area (Å²) >= 11 is 6.27. The molecule has 0 bridgehead atoms. The summed E-state index contributed by atoms with van der Waals surface area (Å²) in [7, 11) is 1.65. The van der Waals surface area contributed by atoms with E-state index in [-0.39, 0.29) is 28.1 Å². The summed E-state index contributed by atoms with van der Waals surface area (Å²) in [5, 5.41) is 14.2. The first-order valence-electron chi connectivity index (χ1n) is 10.5. The van der Waals surface area contributed by atoms with Gasteiger partial charge in [0.25, 0.3) is 11.4 Å². The van der Waals surface area contributed by atoms with Gasteiger partial charge in [0.05, 0.1) is 21.6 Å². The first-order valence-corrected chi connectivity index (χ1v) is 10.8. The number of rotatable bonds is 4. The van der Waals surface area contributed by atoms with Crippen molar-refractivity contribution in [2.75, 3.05) is 7.11 Å². The van der Waals surface area contributed by atoms with Crippen LogP contribution >= 0.6 is 11.6 Å². The van der Waals surface area contributed by atoms with Crippen LogP contribution in [0, 0.1) is 11.3 Å².